The topological polar surface area (TPSA) is 104 Å². The molecule has 3 aliphatic rings. The predicted octanol–water partition coefficient (Wildman–Crippen LogP) is 7.47. The van der Waals surface area contributed by atoms with E-state index in [2.05, 4.69) is 15.2 Å². The fourth-order valence-electron chi connectivity index (χ4n) is 7.58. The molecule has 10 heteroatoms. The Morgan fingerprint density at radius 3 is 2.33 bits per heavy atom. The van der Waals surface area contributed by atoms with Crippen LogP contribution in [-0.4, -0.2) is 46.6 Å². The molecule has 248 valence electrons. The van der Waals surface area contributed by atoms with Gasteiger partial charge in [-0.05, 0) is 85.6 Å². The predicted molar refractivity (Wildman–Crippen MR) is 182 cm³/mol. The number of nitrogens with zero attached hydrogens (tertiary/aromatic N) is 2. The summed E-state index contributed by atoms with van der Waals surface area (Å²) in [5.41, 5.74) is 4.80. The first-order valence-electron chi connectivity index (χ1n) is 16.7. The van der Waals surface area contributed by atoms with E-state index in [1.54, 1.807) is 30.3 Å². The second kappa shape index (κ2) is 12.6. The molecule has 0 spiro atoms. The highest BCUT2D eigenvalue weighted by molar-refractivity contribution is 6.06. The van der Waals surface area contributed by atoms with Crippen molar-refractivity contribution < 1.29 is 28.3 Å². The standard InChI is InChI=1S/C38H38F2N4O4/c1-43-18-19-44-32-20-25(36(47)42-38(16-5-17-38)37(48)41-26-12-8-23(9-13-26)10-15-33(45)46)11-14-27(32)34(24-6-3-2-4-7-24)35(44)28-21-29(39)30(40)22-31(28)43/h8-15,20-22,24H,2-7,16-19H2,1H3,(H,41,48)(H,42,47)(H,45,46)/b15-10+. The van der Waals surface area contributed by atoms with Gasteiger partial charge in [-0.15, -0.1) is 0 Å². The molecule has 0 bridgehead atoms. The lowest BCUT2D eigenvalue weighted by molar-refractivity contribution is -0.131. The molecule has 4 aromatic rings. The Hall–Kier alpha value is -4.99. The van der Waals surface area contributed by atoms with Gasteiger partial charge in [-0.3, -0.25) is 9.59 Å². The Morgan fingerprint density at radius 2 is 1.65 bits per heavy atom. The van der Waals surface area contributed by atoms with Gasteiger partial charge in [0, 0.05) is 65.7 Å². The summed E-state index contributed by atoms with van der Waals surface area (Å²) in [5.74, 6) is -3.19. The van der Waals surface area contributed by atoms with Crippen LogP contribution in [0.15, 0.2) is 60.7 Å². The van der Waals surface area contributed by atoms with E-state index in [1.165, 1.54) is 24.6 Å². The first kappa shape index (κ1) is 31.6. The van der Waals surface area contributed by atoms with Crippen molar-refractivity contribution in [1.82, 2.24) is 9.88 Å². The molecule has 3 aromatic carbocycles. The number of halogens is 2. The number of nitrogens with one attached hydrogen (secondary N) is 2. The Bertz CT molecular complexity index is 1960. The zero-order valence-electron chi connectivity index (χ0n) is 26.8. The summed E-state index contributed by atoms with van der Waals surface area (Å²) in [6.45, 7) is 1.16. The summed E-state index contributed by atoms with van der Waals surface area (Å²) in [5, 5.41) is 15.8. The molecule has 2 amide bonds. The summed E-state index contributed by atoms with van der Waals surface area (Å²) in [7, 11) is 1.89. The van der Waals surface area contributed by atoms with Crippen LogP contribution in [0.25, 0.3) is 28.2 Å². The van der Waals surface area contributed by atoms with E-state index < -0.39 is 23.1 Å². The van der Waals surface area contributed by atoms with Gasteiger partial charge >= 0.3 is 5.97 Å². The second-order valence-corrected chi connectivity index (χ2v) is 13.3. The first-order chi connectivity index (χ1) is 23.1. The number of aromatic nitrogens is 1. The van der Waals surface area contributed by atoms with E-state index in [1.807, 2.05) is 24.1 Å². The zero-order chi connectivity index (χ0) is 33.6. The summed E-state index contributed by atoms with van der Waals surface area (Å²) in [6, 6.07) is 15.1. The average Bonchev–Trinajstić information content (AvgIpc) is 3.32. The van der Waals surface area contributed by atoms with Crippen molar-refractivity contribution in [2.75, 3.05) is 23.8 Å². The molecule has 8 nitrogen and oxygen atoms in total. The molecule has 0 saturated heterocycles. The minimum absolute atomic E-state index is 0.269. The second-order valence-electron chi connectivity index (χ2n) is 13.3. The lowest BCUT2D eigenvalue weighted by Crippen LogP contribution is -2.61. The third-order valence-corrected chi connectivity index (χ3v) is 10.3. The normalized spacial score (nSPS) is 17.4. The number of hydrogen-bond acceptors (Lipinski definition) is 4. The Labute approximate surface area is 277 Å². The van der Waals surface area contributed by atoms with Gasteiger partial charge in [0.15, 0.2) is 11.6 Å². The minimum Gasteiger partial charge on any atom is -0.478 e. The fraction of sp³-hybridized carbons (Fsp3) is 0.342. The largest absolute Gasteiger partial charge is 0.478 e. The van der Waals surface area contributed by atoms with E-state index >= 15 is 0 Å². The van der Waals surface area contributed by atoms with Gasteiger partial charge in [0.2, 0.25) is 5.91 Å². The minimum atomic E-state index is -1.06. The number of benzene rings is 3. The maximum absolute atomic E-state index is 14.8. The number of carbonyl (C=O) groups is 3. The number of carboxylic acid groups (broad SMARTS) is 1. The Kier molecular flexibility index (Phi) is 8.27. The van der Waals surface area contributed by atoms with Crippen molar-refractivity contribution in [3.63, 3.8) is 0 Å². The summed E-state index contributed by atoms with van der Waals surface area (Å²) in [4.78, 5) is 40.1. The number of rotatable bonds is 7. The van der Waals surface area contributed by atoms with Crippen LogP contribution in [0.1, 0.15) is 78.8 Å². The quantitative estimate of drug-likeness (QED) is 0.180. The van der Waals surface area contributed by atoms with Gasteiger partial charge in [0.25, 0.3) is 5.91 Å². The molecule has 0 atom stereocenters. The highest BCUT2D eigenvalue weighted by atomic mass is 19.2. The molecule has 0 unspecified atom stereocenters. The maximum atomic E-state index is 14.8. The highest BCUT2D eigenvalue weighted by Gasteiger charge is 2.45. The van der Waals surface area contributed by atoms with Crippen molar-refractivity contribution >= 4 is 46.1 Å². The van der Waals surface area contributed by atoms with E-state index in [0.29, 0.717) is 54.0 Å². The van der Waals surface area contributed by atoms with Crippen LogP contribution >= 0.6 is 0 Å². The van der Waals surface area contributed by atoms with Crippen molar-refractivity contribution in [3.8, 4) is 11.3 Å². The third kappa shape index (κ3) is 5.73. The number of likely N-dealkylation sites (N-methyl/N-ethyl adjacent to an activating group) is 1. The molecule has 7 rings (SSSR count). The van der Waals surface area contributed by atoms with E-state index in [0.717, 1.165) is 60.3 Å². The number of anilines is 2. The molecular weight excluding hydrogens is 614 g/mol. The summed E-state index contributed by atoms with van der Waals surface area (Å²) < 4.78 is 31.5. The van der Waals surface area contributed by atoms with Crippen LogP contribution < -0.4 is 15.5 Å². The van der Waals surface area contributed by atoms with Gasteiger partial charge in [-0.2, -0.15) is 0 Å². The van der Waals surface area contributed by atoms with Gasteiger partial charge < -0.3 is 25.2 Å². The third-order valence-electron chi connectivity index (χ3n) is 10.3. The number of carboxylic acids is 1. The fourth-order valence-corrected chi connectivity index (χ4v) is 7.58. The molecule has 48 heavy (non-hydrogen) atoms. The SMILES string of the molecule is CN1CCn2c(c(C3CCCCC3)c3ccc(C(=O)NC4(C(=O)Nc5ccc(/C=C/C(=O)O)cc5)CCC4)cc32)-c2cc(F)c(F)cc21. The number of aliphatic carboxylic acids is 1. The number of carbonyl (C=O) groups excluding carboxylic acids is 2. The van der Waals surface area contributed by atoms with E-state index in [9.17, 15) is 23.2 Å². The molecule has 2 saturated carbocycles. The molecule has 0 radical (unpaired) electrons. The Morgan fingerprint density at radius 1 is 0.917 bits per heavy atom. The van der Waals surface area contributed by atoms with Crippen molar-refractivity contribution in [2.45, 2.75) is 69.4 Å². The number of amides is 2. The monoisotopic (exact) mass is 652 g/mol. The number of hydrogen-bond donors (Lipinski definition) is 3. The van der Waals surface area contributed by atoms with Crippen LogP contribution in [0, 0.1) is 11.6 Å². The van der Waals surface area contributed by atoms with Crippen LogP contribution in [-0.2, 0) is 16.1 Å². The van der Waals surface area contributed by atoms with E-state index in [4.69, 9.17) is 5.11 Å². The molecule has 1 aliphatic heterocycles. The zero-order valence-corrected chi connectivity index (χ0v) is 26.8. The molecule has 3 N–H and O–H groups in total. The average molecular weight is 653 g/mol. The van der Waals surface area contributed by atoms with Gasteiger partial charge in [-0.25, -0.2) is 13.6 Å². The van der Waals surface area contributed by atoms with Crippen LogP contribution in [0.2, 0.25) is 0 Å². The van der Waals surface area contributed by atoms with Gasteiger partial charge in [0.1, 0.15) is 5.54 Å². The smallest absolute Gasteiger partial charge is 0.328 e. The first-order valence-corrected chi connectivity index (χ1v) is 16.7. The highest BCUT2D eigenvalue weighted by Crippen LogP contribution is 2.47. The lowest BCUT2D eigenvalue weighted by atomic mass is 9.75. The lowest BCUT2D eigenvalue weighted by Gasteiger charge is -2.40. The van der Waals surface area contributed by atoms with Crippen LogP contribution in [0.3, 0.4) is 0 Å². The number of fused-ring (bicyclic) bond motifs is 5. The van der Waals surface area contributed by atoms with E-state index in [-0.39, 0.29) is 17.7 Å². The molecule has 2 fully saturated rings. The molecule has 1 aromatic heterocycles. The Balaban J connectivity index is 1.21. The molecule has 2 heterocycles. The maximum Gasteiger partial charge on any atom is 0.328 e. The van der Waals surface area contributed by atoms with Crippen LogP contribution in [0.4, 0.5) is 20.2 Å². The molecular formula is C38H38F2N4O4. The summed E-state index contributed by atoms with van der Waals surface area (Å²) >= 11 is 0. The van der Waals surface area contributed by atoms with Gasteiger partial charge in [0.05, 0.1) is 5.69 Å². The van der Waals surface area contributed by atoms with Gasteiger partial charge in [-0.1, -0.05) is 37.5 Å². The van der Waals surface area contributed by atoms with Crippen molar-refractivity contribution in [2.24, 2.45) is 0 Å². The van der Waals surface area contributed by atoms with Crippen molar-refractivity contribution in [1.29, 1.82) is 0 Å². The van der Waals surface area contributed by atoms with Crippen LogP contribution in [0.5, 0.6) is 0 Å². The molecule has 2 aliphatic carbocycles. The summed E-state index contributed by atoms with van der Waals surface area (Å²) in [6.07, 6.45) is 9.75. The van der Waals surface area contributed by atoms with Crippen molar-refractivity contribution in [3.05, 3.63) is 89.0 Å².